The van der Waals surface area contributed by atoms with E-state index in [0.717, 1.165) is 48.8 Å². The highest BCUT2D eigenvalue weighted by Gasteiger charge is 2.68. The van der Waals surface area contributed by atoms with Crippen molar-refractivity contribution in [3.63, 3.8) is 0 Å². The number of ketones is 1. The second-order valence-corrected chi connectivity index (χ2v) is 13.2. The lowest BCUT2D eigenvalue weighted by Gasteiger charge is -2.69. The van der Waals surface area contributed by atoms with Gasteiger partial charge < -0.3 is 4.74 Å². The largest absolute Gasteiger partial charge is 0.422 e. The van der Waals surface area contributed by atoms with Crippen molar-refractivity contribution < 1.29 is 14.3 Å². The van der Waals surface area contributed by atoms with E-state index in [9.17, 15) is 9.59 Å². The Hall–Kier alpha value is -2.41. The summed E-state index contributed by atoms with van der Waals surface area (Å²) < 4.78 is 5.32. The molecule has 3 saturated carbocycles. The van der Waals surface area contributed by atoms with Gasteiger partial charge in [-0.2, -0.15) is 0 Å². The van der Waals surface area contributed by atoms with Crippen LogP contribution in [-0.2, 0) is 14.3 Å². The van der Waals surface area contributed by atoms with Crippen molar-refractivity contribution in [1.82, 2.24) is 0 Å². The predicted octanol–water partition coefficient (Wildman–Crippen LogP) is 7.33. The van der Waals surface area contributed by atoms with Gasteiger partial charge in [0.1, 0.15) is 0 Å². The van der Waals surface area contributed by atoms with Crippen LogP contribution < -0.4 is 0 Å². The molecule has 0 amide bonds. The Labute approximate surface area is 210 Å². The number of hydrogen-bond acceptors (Lipinski definition) is 3. The van der Waals surface area contributed by atoms with Crippen LogP contribution in [0.4, 0.5) is 0 Å². The first-order valence-electron chi connectivity index (χ1n) is 13.2. The zero-order chi connectivity index (χ0) is 25.6. The Bertz CT molecular complexity index is 1210. The maximum absolute atomic E-state index is 13.1. The van der Waals surface area contributed by atoms with E-state index < -0.39 is 5.97 Å². The molecule has 0 aliphatic heterocycles. The topological polar surface area (TPSA) is 47.7 Å². The van der Waals surface area contributed by atoms with Gasteiger partial charge in [-0.15, -0.1) is 0 Å². The third-order valence-corrected chi connectivity index (χ3v) is 11.4. The van der Waals surface area contributed by atoms with E-state index in [1.807, 2.05) is 6.92 Å². The summed E-state index contributed by atoms with van der Waals surface area (Å²) in [5.74, 6) is 0.0583. The molecule has 0 saturated heterocycles. The Morgan fingerprint density at radius 3 is 2.37 bits per heavy atom. The van der Waals surface area contributed by atoms with Gasteiger partial charge in [-0.3, -0.25) is 9.59 Å². The van der Waals surface area contributed by atoms with Crippen LogP contribution in [-0.4, -0.2) is 17.3 Å². The lowest BCUT2D eigenvalue weighted by molar-refractivity contribution is -0.148. The molecule has 0 radical (unpaired) electrons. The van der Waals surface area contributed by atoms with E-state index in [1.54, 1.807) is 6.08 Å². The normalized spacial score (nSPS) is 44.5. The number of carbonyl (C=O) groups excluding carboxylic acids is 2. The van der Waals surface area contributed by atoms with E-state index in [0.29, 0.717) is 11.3 Å². The van der Waals surface area contributed by atoms with Gasteiger partial charge in [-0.25, -0.2) is 0 Å². The number of allylic oxidation sites excluding steroid dienone is 7. The average molecular weight is 475 g/mol. The molecule has 5 aliphatic carbocycles. The van der Waals surface area contributed by atoms with Crippen LogP contribution in [0.1, 0.15) is 93.4 Å². The van der Waals surface area contributed by atoms with Crippen molar-refractivity contribution >= 4 is 11.8 Å². The summed E-state index contributed by atoms with van der Waals surface area (Å²) in [7, 11) is 0. The molecule has 0 bridgehead atoms. The first-order chi connectivity index (χ1) is 16.2. The fraction of sp³-hybridized carbons (Fsp3) is 0.645. The molecule has 0 aromatic carbocycles. The summed E-state index contributed by atoms with van der Waals surface area (Å²) >= 11 is 0. The van der Waals surface area contributed by atoms with Crippen LogP contribution in [0, 0.1) is 34.2 Å². The second kappa shape index (κ2) is 7.31. The van der Waals surface area contributed by atoms with Crippen molar-refractivity contribution in [2.24, 2.45) is 27.6 Å². The van der Waals surface area contributed by atoms with Gasteiger partial charge in [0, 0.05) is 37.7 Å². The Balaban J connectivity index is 1.63. The monoisotopic (exact) mass is 474 g/mol. The lowest BCUT2D eigenvalue weighted by Crippen LogP contribution is -2.62. The molecule has 186 valence electrons. The molecule has 0 unspecified atom stereocenters. The van der Waals surface area contributed by atoms with Crippen molar-refractivity contribution in [2.75, 3.05) is 0 Å². The van der Waals surface area contributed by atoms with Crippen LogP contribution in [0.3, 0.4) is 0 Å². The summed E-state index contributed by atoms with van der Waals surface area (Å²) in [5.41, 5.74) is 4.48. The van der Waals surface area contributed by atoms with Gasteiger partial charge in [-0.1, -0.05) is 50.3 Å². The minimum atomic E-state index is -0.460. The molecule has 4 heteroatoms. The smallest absolute Gasteiger partial charge is 0.308 e. The quantitative estimate of drug-likeness (QED) is 0.374. The zero-order valence-corrected chi connectivity index (χ0v) is 22.5. The van der Waals surface area contributed by atoms with Gasteiger partial charge in [0.25, 0.3) is 12.1 Å². The first-order valence-corrected chi connectivity index (χ1v) is 13.2. The number of ether oxygens (including phenoxy) is 1. The number of esters is 1. The highest BCUT2D eigenvalue weighted by molar-refractivity contribution is 6.08. The molecule has 0 heterocycles. The van der Waals surface area contributed by atoms with E-state index in [2.05, 4.69) is 51.6 Å². The molecule has 0 aromatic heterocycles. The van der Waals surface area contributed by atoms with Crippen molar-refractivity contribution in [1.29, 1.82) is 0 Å². The molecule has 5 aliphatic rings. The highest BCUT2D eigenvalue weighted by atomic mass is 16.5. The summed E-state index contributed by atoms with van der Waals surface area (Å²) in [6.07, 6.45) is 14.0. The van der Waals surface area contributed by atoms with Crippen LogP contribution in [0.5, 0.6) is 0 Å². The molecular weight excluding hydrogens is 434 g/mol. The van der Waals surface area contributed by atoms with Crippen molar-refractivity contribution in [2.45, 2.75) is 99.0 Å². The summed E-state index contributed by atoms with van der Waals surface area (Å²) in [4.78, 5) is 29.1. The molecule has 0 aromatic rings. The van der Waals surface area contributed by atoms with Gasteiger partial charge in [0.2, 0.25) is 5.78 Å². The SMILES string of the molecule is C#[N+][C@]1(C)CC[C@]2(C)CC[C@]3(C)C4=CC=C5C(=CC(=O)C(OC(C)=O)=C5C)[C@]4(C)CC[C@@]3(C)[C@@H]2C1. The fourth-order valence-corrected chi connectivity index (χ4v) is 8.82. The van der Waals surface area contributed by atoms with Crippen LogP contribution in [0.2, 0.25) is 0 Å². The number of rotatable bonds is 1. The standard InChI is InChI=1S/C31H40NO3/c1-19-21-9-10-24-29(5,22(21)17-23(34)26(19)35-20(2)33)14-16-31(7)25-18-28(4,32-8)13-11-27(25,3)12-15-30(24,31)6/h8-10,17,25H,11-16,18H2,1-7H3/q+1/t25-,27-,28-,29+,30-,31+/m1/s1. The molecule has 6 atom stereocenters. The van der Waals surface area contributed by atoms with Gasteiger partial charge >= 0.3 is 5.97 Å². The van der Waals surface area contributed by atoms with E-state index >= 15 is 0 Å². The minimum Gasteiger partial charge on any atom is -0.422 e. The third kappa shape index (κ3) is 3.09. The van der Waals surface area contributed by atoms with Gasteiger partial charge in [0.15, 0.2) is 5.76 Å². The van der Waals surface area contributed by atoms with Crippen molar-refractivity contribution in [3.8, 4) is 6.57 Å². The molecule has 35 heavy (non-hydrogen) atoms. The molecule has 3 fully saturated rings. The van der Waals surface area contributed by atoms with Crippen LogP contribution in [0.15, 0.2) is 46.3 Å². The Kier molecular flexibility index (Phi) is 5.07. The second-order valence-electron chi connectivity index (χ2n) is 13.2. The van der Waals surface area contributed by atoms with Crippen LogP contribution >= 0.6 is 0 Å². The molecule has 4 nitrogen and oxygen atoms in total. The summed E-state index contributed by atoms with van der Waals surface area (Å²) in [6.45, 7) is 21.3. The number of carbonyl (C=O) groups is 2. The maximum atomic E-state index is 13.1. The van der Waals surface area contributed by atoms with E-state index in [1.165, 1.54) is 25.3 Å². The van der Waals surface area contributed by atoms with E-state index in [4.69, 9.17) is 11.3 Å². The van der Waals surface area contributed by atoms with Gasteiger partial charge in [-0.05, 0) is 78.4 Å². The average Bonchev–Trinajstić information content (AvgIpc) is 2.80. The number of hydrogen-bond donors (Lipinski definition) is 0. The number of fused-ring (bicyclic) bond motifs is 7. The van der Waals surface area contributed by atoms with Gasteiger partial charge in [0.05, 0.1) is 0 Å². The Morgan fingerprint density at radius 2 is 1.71 bits per heavy atom. The lowest BCUT2D eigenvalue weighted by atomic mass is 9.35. The summed E-state index contributed by atoms with van der Waals surface area (Å²) in [6, 6.07) is 0. The molecule has 5 rings (SSSR count). The molecule has 0 spiro atoms. The molecular formula is C31H40NO3+. The molecule has 0 N–H and O–H groups in total. The van der Waals surface area contributed by atoms with Crippen LogP contribution in [0.25, 0.3) is 4.85 Å². The first kappa shape index (κ1) is 24.3. The minimum absolute atomic E-state index is 0.0245. The summed E-state index contributed by atoms with van der Waals surface area (Å²) in [5, 5.41) is 0. The fourth-order valence-electron chi connectivity index (χ4n) is 8.82. The van der Waals surface area contributed by atoms with Crippen molar-refractivity contribution in [3.05, 3.63) is 51.1 Å². The highest BCUT2D eigenvalue weighted by Crippen LogP contribution is 2.75. The van der Waals surface area contributed by atoms with E-state index in [-0.39, 0.29) is 33.3 Å². The number of nitrogens with zero attached hydrogens (tertiary/aromatic N) is 1. The zero-order valence-electron chi connectivity index (χ0n) is 22.5. The maximum Gasteiger partial charge on any atom is 0.308 e. The Morgan fingerprint density at radius 1 is 1.03 bits per heavy atom. The third-order valence-electron chi connectivity index (χ3n) is 11.4. The predicted molar refractivity (Wildman–Crippen MR) is 139 cm³/mol.